The molecular weight excluding hydrogens is 330 g/mol. The number of H-pyrrole nitrogens is 1. The van der Waals surface area contributed by atoms with Gasteiger partial charge in [-0.05, 0) is 43.7 Å². The van der Waals surface area contributed by atoms with E-state index in [0.717, 1.165) is 22.3 Å². The molecule has 0 unspecified atom stereocenters. The van der Waals surface area contributed by atoms with Crippen molar-refractivity contribution in [3.05, 3.63) is 59.0 Å². The third-order valence-electron chi connectivity index (χ3n) is 4.43. The Hall–Kier alpha value is -3.79. The molecule has 0 radical (unpaired) electrons. The summed E-state index contributed by atoms with van der Waals surface area (Å²) in [6.07, 6.45) is 2.89. The van der Waals surface area contributed by atoms with Gasteiger partial charge in [0.1, 0.15) is 6.07 Å². The average molecular weight is 345 g/mol. The number of fused-ring (bicyclic) bond motifs is 2. The second-order valence-corrected chi connectivity index (χ2v) is 6.19. The van der Waals surface area contributed by atoms with Gasteiger partial charge < -0.3 is 15.4 Å². The fourth-order valence-electron chi connectivity index (χ4n) is 3.21. The van der Waals surface area contributed by atoms with Crippen molar-refractivity contribution in [2.24, 2.45) is 0 Å². The number of aryl methyl sites for hydroxylation is 2. The number of aromatic amines is 1. The molecule has 3 N–H and O–H groups in total. The van der Waals surface area contributed by atoms with Crippen LogP contribution in [0.25, 0.3) is 16.4 Å². The van der Waals surface area contributed by atoms with E-state index in [1.54, 1.807) is 6.92 Å². The van der Waals surface area contributed by atoms with Crippen LogP contribution >= 0.6 is 0 Å². The highest BCUT2D eigenvalue weighted by Gasteiger charge is 2.19. The molecule has 0 aliphatic carbocycles. The quantitative estimate of drug-likeness (QED) is 0.524. The third kappa shape index (κ3) is 2.36. The Morgan fingerprint density at radius 3 is 2.88 bits per heavy atom. The van der Waals surface area contributed by atoms with E-state index >= 15 is 0 Å². The minimum Gasteiger partial charge on any atom is -0.478 e. The minimum absolute atomic E-state index is 0.160. The van der Waals surface area contributed by atoms with Crippen molar-refractivity contribution in [2.75, 3.05) is 5.32 Å². The number of carboxylic acid groups (broad SMARTS) is 1. The van der Waals surface area contributed by atoms with E-state index in [4.69, 9.17) is 0 Å². The van der Waals surface area contributed by atoms with Gasteiger partial charge in [0, 0.05) is 28.5 Å². The van der Waals surface area contributed by atoms with Gasteiger partial charge in [0.15, 0.2) is 0 Å². The lowest BCUT2D eigenvalue weighted by molar-refractivity contribution is 0.0696. The van der Waals surface area contributed by atoms with E-state index in [1.807, 2.05) is 31.2 Å². The van der Waals surface area contributed by atoms with E-state index < -0.39 is 5.97 Å². The Morgan fingerprint density at radius 1 is 1.35 bits per heavy atom. The van der Waals surface area contributed by atoms with Crippen LogP contribution < -0.4 is 5.32 Å². The fraction of sp³-hybridized carbons (Fsp3) is 0.105. The highest BCUT2D eigenvalue weighted by molar-refractivity contribution is 5.96. The van der Waals surface area contributed by atoms with Crippen LogP contribution in [0, 0.1) is 25.2 Å². The molecule has 0 aliphatic heterocycles. The number of nitriles is 1. The number of carbonyl (C=O) groups is 1. The summed E-state index contributed by atoms with van der Waals surface area (Å²) in [4.78, 5) is 14.7. The zero-order valence-electron chi connectivity index (χ0n) is 14.2. The van der Waals surface area contributed by atoms with Crippen LogP contribution in [0.5, 0.6) is 0 Å². The predicted octanol–water partition coefficient (Wildman–Crippen LogP) is 3.75. The van der Waals surface area contributed by atoms with Crippen molar-refractivity contribution in [3.63, 3.8) is 0 Å². The van der Waals surface area contributed by atoms with Gasteiger partial charge in [-0.1, -0.05) is 0 Å². The number of aromatic nitrogens is 3. The Labute approximate surface area is 148 Å². The molecule has 0 spiro atoms. The van der Waals surface area contributed by atoms with Crippen molar-refractivity contribution in [3.8, 4) is 6.07 Å². The normalized spacial score (nSPS) is 11.0. The highest BCUT2D eigenvalue weighted by Crippen LogP contribution is 2.31. The molecule has 0 aliphatic rings. The smallest absolute Gasteiger partial charge is 0.337 e. The average Bonchev–Trinajstić information content (AvgIpc) is 3.14. The monoisotopic (exact) mass is 345 g/mol. The Morgan fingerprint density at radius 2 is 2.15 bits per heavy atom. The van der Waals surface area contributed by atoms with Crippen molar-refractivity contribution >= 4 is 33.8 Å². The molecule has 0 saturated carbocycles. The molecule has 7 nitrogen and oxygen atoms in total. The molecule has 0 atom stereocenters. The number of rotatable bonds is 3. The summed E-state index contributed by atoms with van der Waals surface area (Å²) >= 11 is 0. The second-order valence-electron chi connectivity index (χ2n) is 6.19. The molecule has 3 heterocycles. The number of anilines is 2. The zero-order valence-corrected chi connectivity index (χ0v) is 14.2. The van der Waals surface area contributed by atoms with Gasteiger partial charge in [-0.25, -0.2) is 9.31 Å². The number of hydrogen-bond donors (Lipinski definition) is 3. The van der Waals surface area contributed by atoms with Crippen LogP contribution in [0.4, 0.5) is 11.4 Å². The molecule has 128 valence electrons. The maximum Gasteiger partial charge on any atom is 0.337 e. The standard InChI is InChI=1S/C19H15N5O2/c1-10-5-12-6-14(3-4-16(12)22-10)23-17-13(7-20)8-21-24-9-15(19(25)26)11(2)18(17)24/h3-6,8-9,22-23H,1-2H3,(H,25,26). The molecule has 1 aromatic carbocycles. The van der Waals surface area contributed by atoms with Crippen LogP contribution in [0.2, 0.25) is 0 Å². The largest absolute Gasteiger partial charge is 0.478 e. The van der Waals surface area contributed by atoms with Crippen molar-refractivity contribution in [1.29, 1.82) is 5.26 Å². The molecule has 4 rings (SSSR count). The van der Waals surface area contributed by atoms with E-state index in [1.165, 1.54) is 16.9 Å². The van der Waals surface area contributed by atoms with E-state index in [2.05, 4.69) is 21.5 Å². The predicted molar refractivity (Wildman–Crippen MR) is 97.9 cm³/mol. The van der Waals surface area contributed by atoms with Gasteiger partial charge in [0.05, 0.1) is 28.5 Å². The topological polar surface area (TPSA) is 106 Å². The molecule has 0 bridgehead atoms. The lowest BCUT2D eigenvalue weighted by Gasteiger charge is -2.11. The Balaban J connectivity index is 1.90. The van der Waals surface area contributed by atoms with Gasteiger partial charge in [0.2, 0.25) is 0 Å². The Kier molecular flexibility index (Phi) is 3.41. The van der Waals surface area contributed by atoms with E-state index in [0.29, 0.717) is 22.3 Å². The number of hydrogen-bond acceptors (Lipinski definition) is 4. The summed E-state index contributed by atoms with van der Waals surface area (Å²) in [6.45, 7) is 3.70. The fourth-order valence-corrected chi connectivity index (χ4v) is 3.21. The molecule has 4 aromatic rings. The lowest BCUT2D eigenvalue weighted by atomic mass is 10.1. The summed E-state index contributed by atoms with van der Waals surface area (Å²) < 4.78 is 1.49. The first-order chi connectivity index (χ1) is 12.5. The maximum absolute atomic E-state index is 11.4. The molecule has 0 fully saturated rings. The third-order valence-corrected chi connectivity index (χ3v) is 4.43. The first-order valence-electron chi connectivity index (χ1n) is 7.98. The van der Waals surface area contributed by atoms with Gasteiger partial charge in [-0.15, -0.1) is 0 Å². The van der Waals surface area contributed by atoms with E-state index in [9.17, 15) is 15.2 Å². The van der Waals surface area contributed by atoms with E-state index in [-0.39, 0.29) is 5.56 Å². The first kappa shape index (κ1) is 15.7. The summed E-state index contributed by atoms with van der Waals surface area (Å²) in [5.41, 5.74) is 5.08. The minimum atomic E-state index is -1.03. The maximum atomic E-state index is 11.4. The Bertz CT molecular complexity index is 1230. The van der Waals surface area contributed by atoms with Crippen LogP contribution in [-0.2, 0) is 0 Å². The SMILES string of the molecule is Cc1cc2cc(Nc3c(C#N)cnn4cc(C(=O)O)c(C)c34)ccc2[nH]1. The summed E-state index contributed by atoms with van der Waals surface area (Å²) in [6, 6.07) is 10.0. The first-order valence-corrected chi connectivity index (χ1v) is 7.98. The van der Waals surface area contributed by atoms with Gasteiger partial charge in [-0.2, -0.15) is 10.4 Å². The molecule has 0 amide bonds. The van der Waals surface area contributed by atoms with Gasteiger partial charge in [0.25, 0.3) is 0 Å². The van der Waals surface area contributed by atoms with Crippen LogP contribution in [0.1, 0.15) is 27.2 Å². The number of nitrogens with one attached hydrogen (secondary N) is 2. The van der Waals surface area contributed by atoms with Crippen LogP contribution in [-0.4, -0.2) is 25.7 Å². The number of carboxylic acids is 1. The molecule has 7 heteroatoms. The second kappa shape index (κ2) is 5.63. The summed E-state index contributed by atoms with van der Waals surface area (Å²) in [5.74, 6) is -1.03. The van der Waals surface area contributed by atoms with Crippen molar-refractivity contribution < 1.29 is 9.90 Å². The lowest BCUT2D eigenvalue weighted by Crippen LogP contribution is -2.00. The number of aromatic carboxylic acids is 1. The van der Waals surface area contributed by atoms with Crippen LogP contribution in [0.3, 0.4) is 0 Å². The molecular formula is C19H15N5O2. The van der Waals surface area contributed by atoms with Crippen LogP contribution in [0.15, 0.2) is 36.7 Å². The van der Waals surface area contributed by atoms with Crippen molar-refractivity contribution in [2.45, 2.75) is 13.8 Å². The highest BCUT2D eigenvalue weighted by atomic mass is 16.4. The number of nitrogens with zero attached hydrogens (tertiary/aromatic N) is 3. The molecule has 0 saturated heterocycles. The van der Waals surface area contributed by atoms with Gasteiger partial charge in [-0.3, -0.25) is 0 Å². The van der Waals surface area contributed by atoms with Crippen molar-refractivity contribution in [1.82, 2.24) is 14.6 Å². The molecule has 26 heavy (non-hydrogen) atoms. The zero-order chi connectivity index (χ0) is 18.4. The molecule has 3 aromatic heterocycles. The summed E-state index contributed by atoms with van der Waals surface area (Å²) in [7, 11) is 0. The summed E-state index contributed by atoms with van der Waals surface area (Å²) in [5, 5.41) is 27.3. The van der Waals surface area contributed by atoms with Gasteiger partial charge >= 0.3 is 5.97 Å². The number of benzene rings is 1.